The van der Waals surface area contributed by atoms with Gasteiger partial charge in [0, 0.05) is 18.3 Å². The number of thiocarbonyl (C=S) groups is 1. The predicted molar refractivity (Wildman–Crippen MR) is 101 cm³/mol. The summed E-state index contributed by atoms with van der Waals surface area (Å²) >= 11 is 5.64. The van der Waals surface area contributed by atoms with E-state index in [4.69, 9.17) is 12.2 Å². The summed E-state index contributed by atoms with van der Waals surface area (Å²) in [6.07, 6.45) is 5.87. The fraction of sp³-hybridized carbons (Fsp3) is 0.350. The van der Waals surface area contributed by atoms with E-state index in [9.17, 15) is 8.78 Å². The van der Waals surface area contributed by atoms with Gasteiger partial charge in [-0.3, -0.25) is 0 Å². The average molecular weight is 360 g/mol. The molecule has 5 heteroatoms. The molecular formula is C20H22F2N2S. The molecule has 132 valence electrons. The normalized spacial score (nSPS) is 15.0. The first kappa shape index (κ1) is 17.8. The molecule has 0 unspecified atom stereocenters. The smallest absolute Gasteiger partial charge is 0.173 e. The Balaban J connectivity index is 1.75. The highest BCUT2D eigenvalue weighted by atomic mass is 32.1. The third kappa shape index (κ3) is 4.98. The van der Waals surface area contributed by atoms with E-state index in [1.54, 1.807) is 24.3 Å². The van der Waals surface area contributed by atoms with Gasteiger partial charge in [-0.15, -0.1) is 0 Å². The van der Waals surface area contributed by atoms with Gasteiger partial charge in [-0.25, -0.2) is 8.78 Å². The third-order valence-corrected chi connectivity index (χ3v) is 4.97. The molecule has 0 radical (unpaired) electrons. The summed E-state index contributed by atoms with van der Waals surface area (Å²) in [5, 5.41) is 3.84. The van der Waals surface area contributed by atoms with E-state index >= 15 is 0 Å². The van der Waals surface area contributed by atoms with Gasteiger partial charge in [0.1, 0.15) is 11.6 Å². The number of nitrogens with zero attached hydrogens (tertiary/aromatic N) is 1. The van der Waals surface area contributed by atoms with Crippen LogP contribution in [0.3, 0.4) is 0 Å². The maximum Gasteiger partial charge on any atom is 0.173 e. The van der Waals surface area contributed by atoms with Gasteiger partial charge in [-0.1, -0.05) is 31.4 Å². The van der Waals surface area contributed by atoms with Crippen LogP contribution in [0.25, 0.3) is 0 Å². The van der Waals surface area contributed by atoms with Crippen molar-refractivity contribution in [1.82, 2.24) is 4.90 Å². The topological polar surface area (TPSA) is 15.3 Å². The van der Waals surface area contributed by atoms with Crippen molar-refractivity contribution >= 4 is 23.0 Å². The van der Waals surface area contributed by atoms with Crippen molar-refractivity contribution < 1.29 is 8.78 Å². The van der Waals surface area contributed by atoms with Crippen molar-refractivity contribution in [2.24, 2.45) is 0 Å². The fourth-order valence-electron chi connectivity index (χ4n) is 3.27. The zero-order chi connectivity index (χ0) is 17.6. The number of halogens is 2. The number of hydrogen-bond acceptors (Lipinski definition) is 1. The minimum Gasteiger partial charge on any atom is -0.342 e. The van der Waals surface area contributed by atoms with Gasteiger partial charge in [0.25, 0.3) is 0 Å². The second-order valence-electron chi connectivity index (χ2n) is 6.48. The van der Waals surface area contributed by atoms with Crippen LogP contribution in [0.1, 0.15) is 37.7 Å². The maximum absolute atomic E-state index is 13.2. The molecule has 0 amide bonds. The standard InChI is InChI=1S/C20H22F2N2S/c21-16-8-6-15(7-9-16)14-24(19-4-2-1-3-5-19)20(25)23-18-12-10-17(22)11-13-18/h6-13,19H,1-5,14H2,(H,23,25). The Bertz CT molecular complexity index is 695. The Morgan fingerprint density at radius 1 is 0.920 bits per heavy atom. The predicted octanol–water partition coefficient (Wildman–Crippen LogP) is 5.50. The quantitative estimate of drug-likeness (QED) is 0.725. The summed E-state index contributed by atoms with van der Waals surface area (Å²) in [5.41, 5.74) is 1.79. The molecule has 1 fully saturated rings. The van der Waals surface area contributed by atoms with Crippen LogP contribution in [0.2, 0.25) is 0 Å². The van der Waals surface area contributed by atoms with E-state index in [0.717, 1.165) is 24.1 Å². The average Bonchev–Trinajstić information content (AvgIpc) is 2.64. The van der Waals surface area contributed by atoms with Crippen LogP contribution in [-0.4, -0.2) is 16.1 Å². The SMILES string of the molecule is Fc1ccc(CN(C(=S)Nc2ccc(F)cc2)C2CCCCC2)cc1. The Morgan fingerprint density at radius 3 is 2.08 bits per heavy atom. The molecule has 0 aliphatic heterocycles. The molecule has 0 atom stereocenters. The van der Waals surface area contributed by atoms with Gasteiger partial charge in [-0.2, -0.15) is 0 Å². The van der Waals surface area contributed by atoms with Crippen LogP contribution in [0, 0.1) is 11.6 Å². The molecule has 1 N–H and O–H groups in total. The molecule has 0 bridgehead atoms. The first-order valence-electron chi connectivity index (χ1n) is 8.69. The van der Waals surface area contributed by atoms with Gasteiger partial charge in [0.15, 0.2) is 5.11 Å². The molecule has 2 nitrogen and oxygen atoms in total. The molecule has 0 spiro atoms. The van der Waals surface area contributed by atoms with E-state index in [1.165, 1.54) is 43.5 Å². The van der Waals surface area contributed by atoms with E-state index in [-0.39, 0.29) is 11.6 Å². The fourth-order valence-corrected chi connectivity index (χ4v) is 3.61. The molecule has 1 saturated carbocycles. The van der Waals surface area contributed by atoms with Crippen molar-refractivity contribution in [3.8, 4) is 0 Å². The van der Waals surface area contributed by atoms with Crippen molar-refractivity contribution in [1.29, 1.82) is 0 Å². The molecular weight excluding hydrogens is 338 g/mol. The molecule has 2 aromatic rings. The molecule has 0 saturated heterocycles. The maximum atomic E-state index is 13.2. The van der Waals surface area contributed by atoms with Crippen molar-refractivity contribution in [2.75, 3.05) is 5.32 Å². The Kier molecular flexibility index (Phi) is 5.97. The second kappa shape index (κ2) is 8.39. The molecule has 25 heavy (non-hydrogen) atoms. The van der Waals surface area contributed by atoms with Crippen LogP contribution in [0.15, 0.2) is 48.5 Å². The van der Waals surface area contributed by atoms with Crippen LogP contribution in [-0.2, 0) is 6.54 Å². The van der Waals surface area contributed by atoms with E-state index in [0.29, 0.717) is 17.7 Å². The Morgan fingerprint density at radius 2 is 1.48 bits per heavy atom. The molecule has 0 aromatic heterocycles. The highest BCUT2D eigenvalue weighted by Crippen LogP contribution is 2.25. The summed E-state index contributed by atoms with van der Waals surface area (Å²) in [4.78, 5) is 2.19. The molecule has 0 heterocycles. The highest BCUT2D eigenvalue weighted by Gasteiger charge is 2.23. The van der Waals surface area contributed by atoms with E-state index in [2.05, 4.69) is 10.2 Å². The molecule has 2 aromatic carbocycles. The molecule has 1 aliphatic rings. The number of anilines is 1. The lowest BCUT2D eigenvalue weighted by atomic mass is 9.94. The van der Waals surface area contributed by atoms with Crippen LogP contribution in [0.4, 0.5) is 14.5 Å². The van der Waals surface area contributed by atoms with Gasteiger partial charge in [0.05, 0.1) is 0 Å². The van der Waals surface area contributed by atoms with Gasteiger partial charge < -0.3 is 10.2 Å². The summed E-state index contributed by atoms with van der Waals surface area (Å²) < 4.78 is 26.3. The first-order valence-corrected chi connectivity index (χ1v) is 9.10. The van der Waals surface area contributed by atoms with Crippen molar-refractivity contribution in [3.63, 3.8) is 0 Å². The largest absolute Gasteiger partial charge is 0.342 e. The monoisotopic (exact) mass is 360 g/mol. The summed E-state index contributed by atoms with van der Waals surface area (Å²) in [7, 11) is 0. The van der Waals surface area contributed by atoms with Crippen molar-refractivity contribution in [3.05, 3.63) is 65.7 Å². The van der Waals surface area contributed by atoms with E-state index < -0.39 is 0 Å². The van der Waals surface area contributed by atoms with Crippen LogP contribution < -0.4 is 5.32 Å². The second-order valence-corrected chi connectivity index (χ2v) is 6.87. The lowest BCUT2D eigenvalue weighted by Gasteiger charge is -2.36. The van der Waals surface area contributed by atoms with Crippen LogP contribution in [0.5, 0.6) is 0 Å². The van der Waals surface area contributed by atoms with Gasteiger partial charge >= 0.3 is 0 Å². The number of rotatable bonds is 4. The number of benzene rings is 2. The Labute approximate surface area is 152 Å². The third-order valence-electron chi connectivity index (χ3n) is 4.64. The summed E-state index contributed by atoms with van der Waals surface area (Å²) in [6, 6.07) is 13.1. The zero-order valence-corrected chi connectivity index (χ0v) is 14.9. The first-order chi connectivity index (χ1) is 12.1. The van der Waals surface area contributed by atoms with Crippen LogP contribution >= 0.6 is 12.2 Å². The highest BCUT2D eigenvalue weighted by molar-refractivity contribution is 7.80. The van der Waals surface area contributed by atoms with Crippen molar-refractivity contribution in [2.45, 2.75) is 44.7 Å². The zero-order valence-electron chi connectivity index (χ0n) is 14.1. The van der Waals surface area contributed by atoms with E-state index in [1.807, 2.05) is 0 Å². The molecule has 3 rings (SSSR count). The summed E-state index contributed by atoms with van der Waals surface area (Å²) in [5.74, 6) is -0.508. The number of hydrogen-bond donors (Lipinski definition) is 1. The minimum atomic E-state index is -0.271. The lowest BCUT2D eigenvalue weighted by Crippen LogP contribution is -2.43. The number of nitrogens with one attached hydrogen (secondary N) is 1. The Hall–Kier alpha value is -2.01. The lowest BCUT2D eigenvalue weighted by molar-refractivity contribution is 0.240. The molecule has 1 aliphatic carbocycles. The van der Waals surface area contributed by atoms with Gasteiger partial charge in [-0.05, 0) is 67.0 Å². The summed E-state index contributed by atoms with van der Waals surface area (Å²) in [6.45, 7) is 0.637. The van der Waals surface area contributed by atoms with Gasteiger partial charge in [0.2, 0.25) is 0 Å². The minimum absolute atomic E-state index is 0.236.